The van der Waals surface area contributed by atoms with Crippen LogP contribution in [-0.4, -0.2) is 90.5 Å². The van der Waals surface area contributed by atoms with Crippen LogP contribution >= 0.6 is 0 Å². The number of hydrogen-bond acceptors (Lipinski definition) is 14. The zero-order chi connectivity index (χ0) is 73.4. The average Bonchev–Trinajstić information content (AvgIpc) is 1.62. The van der Waals surface area contributed by atoms with Crippen molar-refractivity contribution in [2.45, 2.75) is 100 Å². The van der Waals surface area contributed by atoms with Crippen molar-refractivity contribution < 1.29 is 20.6 Å². The van der Waals surface area contributed by atoms with Crippen LogP contribution in [0.25, 0.3) is 0 Å². The highest BCUT2D eigenvalue weighted by atomic mass is 15.5. The summed E-state index contributed by atoms with van der Waals surface area (Å²) < 4.78 is 116. The Labute approximate surface area is 532 Å². The molecule has 0 aliphatic carbocycles. The molecule has 14 rings (SSSR count). The Morgan fingerprint density at radius 1 is 0.279 bits per heavy atom. The Hall–Kier alpha value is -9.56. The maximum atomic E-state index is 7.83. The number of hydrogen-bond donors (Lipinski definition) is 0. The van der Waals surface area contributed by atoms with Crippen molar-refractivity contribution in [3.05, 3.63) is 235 Å². The predicted molar refractivity (Wildman–Crippen MR) is 362 cm³/mol. The topological polar surface area (TPSA) is 84.0 Å². The van der Waals surface area contributed by atoms with E-state index >= 15 is 0 Å². The molecule has 0 N–H and O–H groups in total. The van der Waals surface area contributed by atoms with Gasteiger partial charge in [0.2, 0.25) is 0 Å². The summed E-state index contributed by atoms with van der Waals surface area (Å²) in [5.74, 6) is 2.17. The molecule has 442 valence electrons. The highest BCUT2D eigenvalue weighted by molar-refractivity contribution is 5.85. The summed E-state index contributed by atoms with van der Waals surface area (Å²) in [6.07, 6.45) is 8.42. The molecule has 0 bridgehead atoms. The first-order valence-corrected chi connectivity index (χ1v) is 28.7. The molecule has 86 heavy (non-hydrogen) atoms. The molecule has 8 heterocycles. The van der Waals surface area contributed by atoms with E-state index in [2.05, 4.69) is 24.8 Å². The van der Waals surface area contributed by atoms with E-state index in [1.807, 2.05) is 259 Å². The molecule has 5 atom stereocenters. The Morgan fingerprint density at radius 3 is 1.13 bits per heavy atom. The number of pyridine rings is 2. The number of fused-ring (bicyclic) bond motifs is 4. The summed E-state index contributed by atoms with van der Waals surface area (Å²) in [6.45, 7) is 8.61. The van der Waals surface area contributed by atoms with Gasteiger partial charge in [-0.1, -0.05) is 103 Å². The van der Waals surface area contributed by atoms with E-state index < -0.39 is 34.9 Å². The second-order valence-electron chi connectivity index (χ2n) is 21.5. The first-order valence-electron chi connectivity index (χ1n) is 36.2. The number of anilines is 13. The van der Waals surface area contributed by atoms with E-state index in [9.17, 15) is 0 Å². The number of aromatic nitrogens is 4. The van der Waals surface area contributed by atoms with Crippen LogP contribution in [0.2, 0.25) is 0 Å². The SMILES string of the molecule is [2H]C([2H])([2H])N1C=CN(c2ccccc2C)C1C.[2H]C([2H])([2H])N1c2ccccc2N(c2ccccc2C)C1C.[2H]C([2H])([2H])N1c2cccnc2N(c2ccccc2C)C1C.[2H]C([2H])([2H])N1c2ncccc2N(c2ccccc2C)C1C.[2H]C([2H])([2H])N1c2nccnc2N(c2ccccc2C)C1C. The van der Waals surface area contributed by atoms with Crippen molar-refractivity contribution in [2.75, 3.05) is 79.0 Å². The lowest BCUT2D eigenvalue weighted by Gasteiger charge is -2.28. The zero-order valence-corrected chi connectivity index (χ0v) is 50.3. The van der Waals surface area contributed by atoms with E-state index in [-0.39, 0.29) is 30.8 Å². The lowest BCUT2D eigenvalue weighted by Crippen LogP contribution is -2.36. The highest BCUT2D eigenvalue weighted by Gasteiger charge is 2.37. The molecule has 5 aliphatic rings. The Kier molecular flexibility index (Phi) is 12.9. The lowest BCUT2D eigenvalue weighted by atomic mass is 10.1. The third kappa shape index (κ3) is 11.6. The molecule has 5 aliphatic heterocycles. The van der Waals surface area contributed by atoms with Gasteiger partial charge in [-0.2, -0.15) is 0 Å². The first kappa shape index (κ1) is 43.1. The van der Waals surface area contributed by atoms with Crippen molar-refractivity contribution in [3.8, 4) is 0 Å². The maximum absolute atomic E-state index is 7.83. The van der Waals surface area contributed by atoms with E-state index in [0.29, 0.717) is 29.0 Å². The number of benzene rings is 6. The molecule has 6 aromatic carbocycles. The van der Waals surface area contributed by atoms with Crippen LogP contribution < -0.4 is 44.1 Å². The van der Waals surface area contributed by atoms with Crippen LogP contribution in [0.15, 0.2) is 207 Å². The molecule has 9 aromatic rings. The van der Waals surface area contributed by atoms with Gasteiger partial charge in [-0.25, -0.2) is 19.9 Å². The number of para-hydroxylation sites is 7. The minimum atomic E-state index is -2.26. The van der Waals surface area contributed by atoms with Gasteiger partial charge in [-0.15, -0.1) is 0 Å². The third-order valence-electron chi connectivity index (χ3n) is 16.1. The van der Waals surface area contributed by atoms with E-state index in [0.717, 1.165) is 73.3 Å². The Morgan fingerprint density at radius 2 is 0.628 bits per heavy atom. The molecule has 0 spiro atoms. The predicted octanol–water partition coefficient (Wildman–Crippen LogP) is 15.9. The summed E-state index contributed by atoms with van der Waals surface area (Å²) in [5, 5.41) is 0. The smallest absolute Gasteiger partial charge is 0.178 e. The fourth-order valence-corrected chi connectivity index (χ4v) is 11.3. The van der Waals surface area contributed by atoms with Crippen LogP contribution in [0.3, 0.4) is 0 Å². The zero-order valence-electron chi connectivity index (χ0n) is 65.3. The molecule has 0 fully saturated rings. The summed E-state index contributed by atoms with van der Waals surface area (Å²) >= 11 is 0. The van der Waals surface area contributed by atoms with Crippen molar-refractivity contribution in [1.29, 1.82) is 0 Å². The molecular weight excluding hydrogens is 1060 g/mol. The van der Waals surface area contributed by atoms with E-state index in [1.165, 1.54) is 30.7 Å². The van der Waals surface area contributed by atoms with E-state index in [4.69, 9.17) is 20.6 Å². The van der Waals surface area contributed by atoms with E-state index in [1.54, 1.807) is 30.9 Å². The van der Waals surface area contributed by atoms with Gasteiger partial charge in [0, 0.05) is 121 Å². The molecule has 0 amide bonds. The van der Waals surface area contributed by atoms with Crippen LogP contribution in [-0.2, 0) is 0 Å². The number of rotatable bonds is 5. The minimum absolute atomic E-state index is 0.191. The summed E-state index contributed by atoms with van der Waals surface area (Å²) in [6, 6.07) is 54.8. The molecule has 14 nitrogen and oxygen atoms in total. The molecule has 0 saturated carbocycles. The lowest BCUT2D eigenvalue weighted by molar-refractivity contribution is 0.383. The molecule has 14 heteroatoms. The highest BCUT2D eigenvalue weighted by Crippen LogP contribution is 2.46. The molecule has 3 aromatic heterocycles. The van der Waals surface area contributed by atoms with Crippen LogP contribution in [0.4, 0.5) is 74.5 Å². The van der Waals surface area contributed by atoms with Gasteiger partial charge in [-0.3, -0.25) is 0 Å². The normalized spacial score (nSPS) is 21.8. The third-order valence-corrected chi connectivity index (χ3v) is 16.1. The maximum Gasteiger partial charge on any atom is 0.178 e. The quantitative estimate of drug-likeness (QED) is 0.164. The van der Waals surface area contributed by atoms with Gasteiger partial charge >= 0.3 is 0 Å². The standard InChI is InChI=1S/C16H18N2.2C15H17N3.C14H16N4.C12H16N2/c1-12-8-4-5-9-14(12)18-13(2)17(3)15-10-6-7-11-16(15)18;1-11-7-4-5-8-13(11)18-12(2)17(3)15-14(18)9-6-10-16-15;1-11-7-4-5-8-13(11)18-12(2)17(3)14-9-6-10-16-15(14)18;1-10-6-4-5-7-12(10)18-11(2)17(3)13-14(18)16-9-8-15-13;1-10-6-4-5-7-12(10)14-9-8-13(3)11(14)2/h4-11,13H,1-3H3;2*4-10,12H,1-3H3;4-9,11H,1-3H3;4-9,11H,1-3H3/i5*3D3. The fraction of sp³-hybridized carbons (Fsp3) is 0.278. The first-order chi connectivity index (χ1) is 47.5. The van der Waals surface area contributed by atoms with Gasteiger partial charge in [0.15, 0.2) is 23.3 Å². The molecular formula is C72H84N14. The number of aryl methyl sites for hydroxylation is 5. The second kappa shape index (κ2) is 25.7. The van der Waals surface area contributed by atoms with Gasteiger partial charge < -0.3 is 49.0 Å². The molecule has 0 radical (unpaired) electrons. The van der Waals surface area contributed by atoms with Gasteiger partial charge in [0.1, 0.15) is 30.8 Å². The van der Waals surface area contributed by atoms with Crippen molar-refractivity contribution in [3.63, 3.8) is 0 Å². The van der Waals surface area contributed by atoms with Gasteiger partial charge in [0.05, 0.1) is 22.7 Å². The largest absolute Gasteiger partial charge is 0.359 e. The van der Waals surface area contributed by atoms with Gasteiger partial charge in [-0.05, 0) is 164 Å². The number of nitrogens with zero attached hydrogens (tertiary/aromatic N) is 14. The van der Waals surface area contributed by atoms with Crippen molar-refractivity contribution in [1.82, 2.24) is 24.8 Å². The fourth-order valence-electron chi connectivity index (χ4n) is 11.3. The van der Waals surface area contributed by atoms with Crippen LogP contribution in [0.1, 0.15) is 83.0 Å². The summed E-state index contributed by atoms with van der Waals surface area (Å²) in [7, 11) is 0. The summed E-state index contributed by atoms with van der Waals surface area (Å²) in [4.78, 5) is 34.3. The summed E-state index contributed by atoms with van der Waals surface area (Å²) in [5.41, 5.74) is 13.7. The Balaban J connectivity index is 0.000000136. The van der Waals surface area contributed by atoms with Crippen LogP contribution in [0.5, 0.6) is 0 Å². The minimum Gasteiger partial charge on any atom is -0.359 e. The van der Waals surface area contributed by atoms with Crippen molar-refractivity contribution in [2.24, 2.45) is 0 Å². The van der Waals surface area contributed by atoms with Crippen LogP contribution in [0, 0.1) is 34.6 Å². The molecule has 5 unspecified atom stereocenters. The molecule has 0 saturated heterocycles. The Bertz CT molecular complexity index is 3920. The monoisotopic (exact) mass is 1160 g/mol. The van der Waals surface area contributed by atoms with Gasteiger partial charge in [0.25, 0.3) is 0 Å². The van der Waals surface area contributed by atoms with Crippen molar-refractivity contribution >= 4 is 74.5 Å². The average molecular weight is 1160 g/mol. The second-order valence-corrected chi connectivity index (χ2v) is 21.5.